The summed E-state index contributed by atoms with van der Waals surface area (Å²) >= 11 is 9.83. The van der Waals surface area contributed by atoms with Crippen molar-refractivity contribution in [2.75, 3.05) is 7.05 Å². The minimum absolute atomic E-state index is 0.107. The molecule has 0 aromatic heterocycles. The van der Waals surface area contributed by atoms with Crippen molar-refractivity contribution in [3.05, 3.63) is 68.7 Å². The first kappa shape index (κ1) is 13.6. The number of hydrogen-bond acceptors (Lipinski definition) is 1. The van der Waals surface area contributed by atoms with Crippen LogP contribution in [0.2, 0.25) is 5.02 Å². The monoisotopic (exact) mass is 323 g/mol. The van der Waals surface area contributed by atoms with Gasteiger partial charge in [0.25, 0.3) is 0 Å². The first-order valence-corrected chi connectivity index (χ1v) is 6.98. The summed E-state index contributed by atoms with van der Waals surface area (Å²) in [5, 5.41) is 4.08. The second-order valence-electron chi connectivity index (χ2n) is 4.28. The van der Waals surface area contributed by atoms with Gasteiger partial charge in [-0.05, 0) is 47.1 Å². The second kappa shape index (κ2) is 5.87. The molecule has 18 heavy (non-hydrogen) atoms. The van der Waals surface area contributed by atoms with Crippen LogP contribution in [0, 0.1) is 6.92 Å². The maximum Gasteiger partial charge on any atom is 0.0599 e. The van der Waals surface area contributed by atoms with Crippen molar-refractivity contribution in [3.63, 3.8) is 0 Å². The van der Waals surface area contributed by atoms with Crippen LogP contribution in [0.1, 0.15) is 22.7 Å². The number of aryl methyl sites for hydroxylation is 1. The van der Waals surface area contributed by atoms with E-state index < -0.39 is 0 Å². The van der Waals surface area contributed by atoms with E-state index in [4.69, 9.17) is 11.6 Å². The first-order valence-electron chi connectivity index (χ1n) is 5.81. The molecular weight excluding hydrogens is 310 g/mol. The summed E-state index contributed by atoms with van der Waals surface area (Å²) in [6, 6.07) is 14.6. The third-order valence-corrected chi connectivity index (χ3v) is 4.30. The molecule has 2 rings (SSSR count). The molecule has 0 radical (unpaired) electrons. The Morgan fingerprint density at radius 1 is 1.11 bits per heavy atom. The molecular formula is C15H15BrClN. The van der Waals surface area contributed by atoms with E-state index in [2.05, 4.69) is 52.4 Å². The second-order valence-corrected chi connectivity index (χ2v) is 5.51. The van der Waals surface area contributed by atoms with Gasteiger partial charge in [0, 0.05) is 4.47 Å². The average Bonchev–Trinajstić information content (AvgIpc) is 2.37. The number of benzene rings is 2. The highest BCUT2D eigenvalue weighted by molar-refractivity contribution is 9.10. The fourth-order valence-electron chi connectivity index (χ4n) is 2.00. The van der Waals surface area contributed by atoms with E-state index in [1.165, 1.54) is 11.1 Å². The molecule has 0 aliphatic carbocycles. The summed E-state index contributed by atoms with van der Waals surface area (Å²) in [5.74, 6) is 0. The van der Waals surface area contributed by atoms with Crippen molar-refractivity contribution in [3.8, 4) is 0 Å². The topological polar surface area (TPSA) is 12.0 Å². The van der Waals surface area contributed by atoms with E-state index in [9.17, 15) is 0 Å². The molecule has 0 aliphatic rings. The zero-order chi connectivity index (χ0) is 13.1. The van der Waals surface area contributed by atoms with Crippen molar-refractivity contribution in [1.82, 2.24) is 5.32 Å². The molecule has 0 saturated carbocycles. The minimum atomic E-state index is 0.107. The highest BCUT2D eigenvalue weighted by Gasteiger charge is 2.16. The molecule has 94 valence electrons. The molecule has 2 aromatic rings. The van der Waals surface area contributed by atoms with E-state index in [1.807, 2.05) is 25.2 Å². The van der Waals surface area contributed by atoms with Gasteiger partial charge < -0.3 is 5.32 Å². The first-order chi connectivity index (χ1) is 8.63. The zero-order valence-electron chi connectivity index (χ0n) is 10.4. The number of rotatable bonds is 3. The zero-order valence-corrected chi connectivity index (χ0v) is 12.7. The van der Waals surface area contributed by atoms with Gasteiger partial charge in [-0.1, -0.05) is 53.6 Å². The molecule has 0 aliphatic heterocycles. The van der Waals surface area contributed by atoms with Gasteiger partial charge in [0.2, 0.25) is 0 Å². The molecule has 0 spiro atoms. The van der Waals surface area contributed by atoms with Crippen molar-refractivity contribution in [2.24, 2.45) is 0 Å². The van der Waals surface area contributed by atoms with Crippen molar-refractivity contribution < 1.29 is 0 Å². The van der Waals surface area contributed by atoms with E-state index >= 15 is 0 Å². The Morgan fingerprint density at radius 3 is 2.39 bits per heavy atom. The lowest BCUT2D eigenvalue weighted by atomic mass is 9.98. The van der Waals surface area contributed by atoms with E-state index in [-0.39, 0.29) is 6.04 Å². The van der Waals surface area contributed by atoms with Gasteiger partial charge in [0.1, 0.15) is 0 Å². The number of halogens is 2. The van der Waals surface area contributed by atoms with Gasteiger partial charge in [0.05, 0.1) is 11.1 Å². The largest absolute Gasteiger partial charge is 0.309 e. The Bertz CT molecular complexity index is 537. The van der Waals surface area contributed by atoms with Crippen LogP contribution in [-0.2, 0) is 0 Å². The predicted molar refractivity (Wildman–Crippen MR) is 81.2 cm³/mol. The van der Waals surface area contributed by atoms with Crippen LogP contribution in [0.15, 0.2) is 46.9 Å². The lowest BCUT2D eigenvalue weighted by Crippen LogP contribution is -2.18. The standard InChI is InChI=1S/C15H15BrClN/c1-10-6-8-11(9-7-10)15(18-2)12-4-3-5-13(16)14(12)17/h3-9,15,18H,1-2H3. The van der Waals surface area contributed by atoms with Crippen LogP contribution in [-0.4, -0.2) is 7.05 Å². The van der Waals surface area contributed by atoms with Crippen LogP contribution >= 0.6 is 27.5 Å². The molecule has 3 heteroatoms. The van der Waals surface area contributed by atoms with Gasteiger partial charge in [-0.15, -0.1) is 0 Å². The lowest BCUT2D eigenvalue weighted by molar-refractivity contribution is 0.691. The molecule has 0 heterocycles. The van der Waals surface area contributed by atoms with Crippen LogP contribution in [0.3, 0.4) is 0 Å². The minimum Gasteiger partial charge on any atom is -0.309 e. The molecule has 0 saturated heterocycles. The molecule has 0 amide bonds. The fraction of sp³-hybridized carbons (Fsp3) is 0.200. The lowest BCUT2D eigenvalue weighted by Gasteiger charge is -2.19. The Morgan fingerprint density at radius 2 is 1.78 bits per heavy atom. The summed E-state index contributed by atoms with van der Waals surface area (Å²) in [4.78, 5) is 0. The van der Waals surface area contributed by atoms with Crippen LogP contribution < -0.4 is 5.32 Å². The molecule has 0 fully saturated rings. The fourth-order valence-corrected chi connectivity index (χ4v) is 2.62. The van der Waals surface area contributed by atoms with E-state index in [0.29, 0.717) is 0 Å². The molecule has 1 unspecified atom stereocenters. The quantitative estimate of drug-likeness (QED) is 0.861. The van der Waals surface area contributed by atoms with Crippen LogP contribution in [0.5, 0.6) is 0 Å². The van der Waals surface area contributed by atoms with Crippen molar-refractivity contribution in [2.45, 2.75) is 13.0 Å². The van der Waals surface area contributed by atoms with Gasteiger partial charge in [-0.3, -0.25) is 0 Å². The highest BCUT2D eigenvalue weighted by Crippen LogP contribution is 2.33. The van der Waals surface area contributed by atoms with Gasteiger partial charge in [-0.25, -0.2) is 0 Å². The SMILES string of the molecule is CNC(c1ccc(C)cc1)c1cccc(Br)c1Cl. The van der Waals surface area contributed by atoms with E-state index in [1.54, 1.807) is 0 Å². The van der Waals surface area contributed by atoms with Crippen LogP contribution in [0.25, 0.3) is 0 Å². The normalized spacial score (nSPS) is 12.4. The molecule has 1 atom stereocenters. The maximum absolute atomic E-state index is 6.36. The number of nitrogens with one attached hydrogen (secondary N) is 1. The Labute approximate surface area is 121 Å². The van der Waals surface area contributed by atoms with Crippen molar-refractivity contribution >= 4 is 27.5 Å². The Kier molecular flexibility index (Phi) is 4.44. The maximum atomic E-state index is 6.36. The Hall–Kier alpha value is -0.830. The van der Waals surface area contributed by atoms with E-state index in [0.717, 1.165) is 15.1 Å². The third-order valence-electron chi connectivity index (χ3n) is 2.99. The van der Waals surface area contributed by atoms with Crippen molar-refractivity contribution in [1.29, 1.82) is 0 Å². The summed E-state index contributed by atoms with van der Waals surface area (Å²) in [5.41, 5.74) is 3.55. The van der Waals surface area contributed by atoms with Gasteiger partial charge in [-0.2, -0.15) is 0 Å². The summed E-state index contributed by atoms with van der Waals surface area (Å²) in [7, 11) is 1.95. The average molecular weight is 325 g/mol. The van der Waals surface area contributed by atoms with Gasteiger partial charge >= 0.3 is 0 Å². The van der Waals surface area contributed by atoms with Crippen LogP contribution in [0.4, 0.5) is 0 Å². The number of hydrogen-bond donors (Lipinski definition) is 1. The third kappa shape index (κ3) is 2.77. The summed E-state index contributed by atoms with van der Waals surface area (Å²) in [6.45, 7) is 2.09. The smallest absolute Gasteiger partial charge is 0.0599 e. The summed E-state index contributed by atoms with van der Waals surface area (Å²) in [6.07, 6.45) is 0. The predicted octanol–water partition coefficient (Wildman–Crippen LogP) is 4.72. The molecule has 0 bridgehead atoms. The molecule has 2 aromatic carbocycles. The molecule has 1 nitrogen and oxygen atoms in total. The highest BCUT2D eigenvalue weighted by atomic mass is 79.9. The molecule has 1 N–H and O–H groups in total. The summed E-state index contributed by atoms with van der Waals surface area (Å²) < 4.78 is 0.925. The Balaban J connectivity index is 2.45. The van der Waals surface area contributed by atoms with Gasteiger partial charge in [0.15, 0.2) is 0 Å².